The van der Waals surface area contributed by atoms with Crippen molar-refractivity contribution in [3.8, 4) is 0 Å². The van der Waals surface area contributed by atoms with Gasteiger partial charge in [0.1, 0.15) is 0 Å². The zero-order chi connectivity index (χ0) is 17.2. The Morgan fingerprint density at radius 2 is 1.96 bits per heavy atom. The molecule has 3 heterocycles. The lowest BCUT2D eigenvalue weighted by Gasteiger charge is -2.36. The zero-order valence-corrected chi connectivity index (χ0v) is 15.6. The Morgan fingerprint density at radius 1 is 1.12 bits per heavy atom. The molecule has 5 nitrogen and oxygen atoms in total. The highest BCUT2D eigenvalue weighted by molar-refractivity contribution is 7.14. The van der Waals surface area contributed by atoms with Gasteiger partial charge in [0.2, 0.25) is 0 Å². The lowest BCUT2D eigenvalue weighted by Crippen LogP contribution is -2.50. The van der Waals surface area contributed by atoms with Crippen molar-refractivity contribution >= 4 is 23.3 Å². The average Bonchev–Trinajstić information content (AvgIpc) is 3.20. The molecule has 2 saturated heterocycles. The number of rotatable bonds is 2. The summed E-state index contributed by atoms with van der Waals surface area (Å²) in [6.07, 6.45) is 9.34. The number of amides is 3. The van der Waals surface area contributed by atoms with Crippen LogP contribution in [0, 0.1) is 0 Å². The van der Waals surface area contributed by atoms with E-state index in [1.165, 1.54) is 36.1 Å². The minimum absolute atomic E-state index is 0.0263. The van der Waals surface area contributed by atoms with Gasteiger partial charge in [-0.1, -0.05) is 12.8 Å². The zero-order valence-electron chi connectivity index (χ0n) is 14.8. The van der Waals surface area contributed by atoms with Crippen molar-refractivity contribution in [2.45, 2.75) is 57.4 Å². The van der Waals surface area contributed by atoms with Crippen molar-refractivity contribution in [2.75, 3.05) is 26.2 Å². The molecule has 4 rings (SSSR count). The fourth-order valence-corrected chi connectivity index (χ4v) is 5.56. The monoisotopic (exact) mass is 361 g/mol. The molecule has 0 bridgehead atoms. The van der Waals surface area contributed by atoms with E-state index in [1.54, 1.807) is 11.3 Å². The van der Waals surface area contributed by atoms with Crippen LogP contribution in [-0.4, -0.2) is 54.0 Å². The second kappa shape index (κ2) is 7.36. The van der Waals surface area contributed by atoms with E-state index in [0.717, 1.165) is 50.2 Å². The van der Waals surface area contributed by atoms with E-state index >= 15 is 0 Å². The van der Waals surface area contributed by atoms with E-state index in [-0.39, 0.29) is 18.0 Å². The number of urea groups is 1. The lowest BCUT2D eigenvalue weighted by atomic mass is 9.99. The predicted octanol–water partition coefficient (Wildman–Crippen LogP) is 3.04. The molecule has 1 unspecified atom stereocenters. The van der Waals surface area contributed by atoms with E-state index in [2.05, 4.69) is 11.4 Å². The number of likely N-dealkylation sites (tertiary alicyclic amines) is 1. The van der Waals surface area contributed by atoms with Gasteiger partial charge in [-0.3, -0.25) is 4.79 Å². The molecule has 3 amide bonds. The number of carbonyl (C=O) groups excluding carboxylic acids is 2. The van der Waals surface area contributed by atoms with E-state index in [9.17, 15) is 9.59 Å². The van der Waals surface area contributed by atoms with Crippen LogP contribution in [0.1, 0.15) is 58.6 Å². The van der Waals surface area contributed by atoms with Crippen molar-refractivity contribution in [3.63, 3.8) is 0 Å². The molecule has 2 aliphatic heterocycles. The first-order valence-corrected chi connectivity index (χ1v) is 10.5. The van der Waals surface area contributed by atoms with Crippen LogP contribution in [0.4, 0.5) is 4.79 Å². The summed E-state index contributed by atoms with van der Waals surface area (Å²) >= 11 is 1.71. The first kappa shape index (κ1) is 16.9. The Bertz CT molecular complexity index is 632. The first-order chi connectivity index (χ1) is 12.2. The molecule has 3 aliphatic rings. The van der Waals surface area contributed by atoms with Gasteiger partial charge >= 0.3 is 6.03 Å². The summed E-state index contributed by atoms with van der Waals surface area (Å²) < 4.78 is 0. The largest absolute Gasteiger partial charge is 0.336 e. The van der Waals surface area contributed by atoms with Crippen LogP contribution in [0.5, 0.6) is 0 Å². The Hall–Kier alpha value is -1.56. The molecular weight excluding hydrogens is 334 g/mol. The van der Waals surface area contributed by atoms with E-state index in [4.69, 9.17) is 0 Å². The maximum Gasteiger partial charge on any atom is 0.317 e. The van der Waals surface area contributed by atoms with Crippen molar-refractivity contribution in [1.82, 2.24) is 15.1 Å². The molecule has 2 fully saturated rings. The Morgan fingerprint density at radius 3 is 2.76 bits per heavy atom. The molecule has 1 aromatic rings. The number of piperidine rings is 1. The standard InChI is InChI=1S/C19H27N3O2S/c23-18(17-12-14-6-3-1-2-4-8-16(14)25-17)21-10-5-7-15(13-21)22-11-9-20-19(22)24/h12,15H,1-11,13H2,(H,20,24). The molecule has 0 spiro atoms. The van der Waals surface area contributed by atoms with Gasteiger partial charge < -0.3 is 15.1 Å². The molecule has 6 heteroatoms. The number of carbonyl (C=O) groups is 2. The topological polar surface area (TPSA) is 52.7 Å². The summed E-state index contributed by atoms with van der Waals surface area (Å²) in [5.41, 5.74) is 1.40. The van der Waals surface area contributed by atoms with Crippen LogP contribution in [0.2, 0.25) is 0 Å². The van der Waals surface area contributed by atoms with Crippen molar-refractivity contribution < 1.29 is 9.59 Å². The maximum absolute atomic E-state index is 13.0. The number of nitrogens with zero attached hydrogens (tertiary/aromatic N) is 2. The number of thiophene rings is 1. The third-order valence-corrected chi connectivity index (χ3v) is 6.95. The van der Waals surface area contributed by atoms with Gasteiger partial charge in [0.25, 0.3) is 5.91 Å². The predicted molar refractivity (Wildman–Crippen MR) is 99.2 cm³/mol. The minimum atomic E-state index is 0.0263. The van der Waals surface area contributed by atoms with Crippen LogP contribution in [0.3, 0.4) is 0 Å². The van der Waals surface area contributed by atoms with Gasteiger partial charge in [-0.2, -0.15) is 0 Å². The van der Waals surface area contributed by atoms with Gasteiger partial charge in [-0.15, -0.1) is 11.3 Å². The van der Waals surface area contributed by atoms with Crippen molar-refractivity contribution in [3.05, 3.63) is 21.4 Å². The average molecular weight is 362 g/mol. The molecule has 1 aliphatic carbocycles. The summed E-state index contributed by atoms with van der Waals surface area (Å²) in [5, 5.41) is 2.87. The normalized spacial score (nSPS) is 24.5. The van der Waals surface area contributed by atoms with Gasteiger partial charge in [0.05, 0.1) is 10.9 Å². The summed E-state index contributed by atoms with van der Waals surface area (Å²) in [4.78, 5) is 31.2. The highest BCUT2D eigenvalue weighted by Gasteiger charge is 2.33. The van der Waals surface area contributed by atoms with Crippen LogP contribution in [0.25, 0.3) is 0 Å². The van der Waals surface area contributed by atoms with E-state index in [1.807, 2.05) is 9.80 Å². The minimum Gasteiger partial charge on any atom is -0.336 e. The molecule has 25 heavy (non-hydrogen) atoms. The SMILES string of the molecule is O=C(c1cc2c(s1)CCCCCC2)N1CCCC(N2CCNC2=O)C1. The smallest absolute Gasteiger partial charge is 0.317 e. The molecule has 0 saturated carbocycles. The van der Waals surface area contributed by atoms with Gasteiger partial charge in [-0.25, -0.2) is 4.79 Å². The quantitative estimate of drug-likeness (QED) is 0.880. The summed E-state index contributed by atoms with van der Waals surface area (Å²) in [7, 11) is 0. The number of hydrogen-bond acceptors (Lipinski definition) is 3. The fraction of sp³-hybridized carbons (Fsp3) is 0.684. The Labute approximate surface area is 153 Å². The fourth-order valence-electron chi connectivity index (χ4n) is 4.33. The second-order valence-corrected chi connectivity index (χ2v) is 8.58. The molecule has 1 atom stereocenters. The highest BCUT2D eigenvalue weighted by atomic mass is 32.1. The number of nitrogens with one attached hydrogen (secondary N) is 1. The summed E-state index contributed by atoms with van der Waals surface area (Å²) in [6.45, 7) is 2.97. The van der Waals surface area contributed by atoms with E-state index in [0.29, 0.717) is 6.54 Å². The number of hydrogen-bond donors (Lipinski definition) is 1. The van der Waals surface area contributed by atoms with Crippen LogP contribution < -0.4 is 5.32 Å². The molecule has 0 radical (unpaired) electrons. The maximum atomic E-state index is 13.0. The first-order valence-electron chi connectivity index (χ1n) is 9.68. The molecule has 0 aromatic carbocycles. The molecule has 1 N–H and O–H groups in total. The van der Waals surface area contributed by atoms with Crippen molar-refractivity contribution in [1.29, 1.82) is 0 Å². The third kappa shape index (κ3) is 3.54. The second-order valence-electron chi connectivity index (χ2n) is 7.45. The summed E-state index contributed by atoms with van der Waals surface area (Å²) in [6, 6.07) is 2.35. The van der Waals surface area contributed by atoms with Crippen molar-refractivity contribution in [2.24, 2.45) is 0 Å². The van der Waals surface area contributed by atoms with E-state index < -0.39 is 0 Å². The van der Waals surface area contributed by atoms with Crippen LogP contribution >= 0.6 is 11.3 Å². The molecule has 1 aromatic heterocycles. The molecular formula is C19H27N3O2S. The molecule has 136 valence electrons. The lowest BCUT2D eigenvalue weighted by molar-refractivity contribution is 0.0639. The Balaban J connectivity index is 1.46. The number of aryl methyl sites for hydroxylation is 2. The van der Waals surface area contributed by atoms with Crippen LogP contribution in [-0.2, 0) is 12.8 Å². The van der Waals surface area contributed by atoms with Gasteiger partial charge in [-0.05, 0) is 50.2 Å². The van der Waals surface area contributed by atoms with Crippen LogP contribution in [0.15, 0.2) is 6.07 Å². The summed E-state index contributed by atoms with van der Waals surface area (Å²) in [5.74, 6) is 0.168. The van der Waals surface area contributed by atoms with Gasteiger partial charge in [0, 0.05) is 31.1 Å². The highest BCUT2D eigenvalue weighted by Crippen LogP contribution is 2.30. The van der Waals surface area contributed by atoms with Gasteiger partial charge in [0.15, 0.2) is 0 Å². The third-order valence-electron chi connectivity index (χ3n) is 5.72. The Kier molecular flexibility index (Phi) is 4.97. The number of fused-ring (bicyclic) bond motifs is 1.